The van der Waals surface area contributed by atoms with Crippen LogP contribution in [0.15, 0.2) is 60.7 Å². The highest BCUT2D eigenvalue weighted by Crippen LogP contribution is 2.90. The fourth-order valence-electron chi connectivity index (χ4n) is 10.8. The van der Waals surface area contributed by atoms with Gasteiger partial charge in [0, 0.05) is 0 Å². The molecule has 6 aliphatic rings. The molecule has 0 heterocycles. The number of hydrogen-bond acceptors (Lipinski definition) is 0. The van der Waals surface area contributed by atoms with Gasteiger partial charge in [-0.1, -0.05) is 60.7 Å². The topological polar surface area (TPSA) is 0 Å². The second kappa shape index (κ2) is 4.22. The van der Waals surface area contributed by atoms with Crippen LogP contribution in [0.3, 0.4) is 0 Å². The fraction of sp³-hybridized carbons (Fsp3) is 0.556. The van der Waals surface area contributed by atoms with E-state index >= 15 is 0 Å². The van der Waals surface area contributed by atoms with Crippen molar-refractivity contribution in [3.05, 3.63) is 71.8 Å². The number of rotatable bonds is 2. The molecule has 0 amide bonds. The molecule has 27 heavy (non-hydrogen) atoms. The van der Waals surface area contributed by atoms with Crippen LogP contribution in [-0.4, -0.2) is 0 Å². The SMILES string of the molecule is c1ccc(C23CC4C5CC6(c7ccccc7)CC7C(C2)C4C7(C6)C5C3)cc1. The van der Waals surface area contributed by atoms with Crippen LogP contribution in [0.5, 0.6) is 0 Å². The average Bonchev–Trinajstić information content (AvgIpc) is 2.88. The molecule has 9 unspecified atom stereocenters. The Morgan fingerprint density at radius 2 is 1.11 bits per heavy atom. The van der Waals surface area contributed by atoms with Crippen LogP contribution < -0.4 is 0 Å². The van der Waals surface area contributed by atoms with Crippen molar-refractivity contribution in [2.24, 2.45) is 40.9 Å². The zero-order valence-corrected chi connectivity index (χ0v) is 16.0. The van der Waals surface area contributed by atoms with Crippen molar-refractivity contribution in [2.75, 3.05) is 0 Å². The molecule has 0 saturated heterocycles. The molecule has 1 spiro atoms. The Morgan fingerprint density at radius 1 is 0.556 bits per heavy atom. The van der Waals surface area contributed by atoms with E-state index in [1.807, 2.05) is 0 Å². The summed E-state index contributed by atoms with van der Waals surface area (Å²) in [5, 5.41) is 0. The van der Waals surface area contributed by atoms with Crippen molar-refractivity contribution in [3.8, 4) is 0 Å². The van der Waals surface area contributed by atoms with Crippen LogP contribution in [0, 0.1) is 40.9 Å². The summed E-state index contributed by atoms with van der Waals surface area (Å²) in [4.78, 5) is 0. The van der Waals surface area contributed by atoms with E-state index < -0.39 is 0 Å². The molecule has 6 aliphatic carbocycles. The molecular formula is C27H28. The summed E-state index contributed by atoms with van der Waals surface area (Å²) in [5.74, 6) is 6.33. The molecule has 9 atom stereocenters. The lowest BCUT2D eigenvalue weighted by Gasteiger charge is -2.61. The molecule has 8 rings (SSSR count). The van der Waals surface area contributed by atoms with Gasteiger partial charge in [0.1, 0.15) is 0 Å². The van der Waals surface area contributed by atoms with Gasteiger partial charge in [-0.15, -0.1) is 0 Å². The Morgan fingerprint density at radius 3 is 1.85 bits per heavy atom. The van der Waals surface area contributed by atoms with E-state index in [2.05, 4.69) is 60.7 Å². The minimum atomic E-state index is 0.537. The van der Waals surface area contributed by atoms with Gasteiger partial charge in [-0.3, -0.25) is 0 Å². The highest BCUT2D eigenvalue weighted by atomic mass is 14.9. The number of fused-ring (bicyclic) bond motifs is 3. The molecule has 0 heteroatoms. The van der Waals surface area contributed by atoms with Gasteiger partial charge >= 0.3 is 0 Å². The van der Waals surface area contributed by atoms with Gasteiger partial charge < -0.3 is 0 Å². The van der Waals surface area contributed by atoms with Gasteiger partial charge in [0.15, 0.2) is 0 Å². The first-order chi connectivity index (χ1) is 13.3. The van der Waals surface area contributed by atoms with Gasteiger partial charge in [0.2, 0.25) is 0 Å². The lowest BCUT2D eigenvalue weighted by molar-refractivity contribution is -0.123. The molecule has 0 aromatic heterocycles. The summed E-state index contributed by atoms with van der Waals surface area (Å²) in [6.45, 7) is 0. The third kappa shape index (κ3) is 1.35. The zero-order chi connectivity index (χ0) is 17.4. The molecule has 2 aromatic rings. The van der Waals surface area contributed by atoms with E-state index in [0.29, 0.717) is 10.8 Å². The van der Waals surface area contributed by atoms with E-state index in [-0.39, 0.29) is 0 Å². The first-order valence-electron chi connectivity index (χ1n) is 11.4. The minimum absolute atomic E-state index is 0.537. The van der Waals surface area contributed by atoms with Crippen LogP contribution >= 0.6 is 0 Å². The summed E-state index contributed by atoms with van der Waals surface area (Å²) >= 11 is 0. The smallest absolute Gasteiger partial charge is 0.00356 e. The molecule has 6 fully saturated rings. The summed E-state index contributed by atoms with van der Waals surface area (Å²) in [6, 6.07) is 23.4. The predicted octanol–water partition coefficient (Wildman–Crippen LogP) is 5.97. The fourth-order valence-corrected chi connectivity index (χ4v) is 10.8. The average molecular weight is 353 g/mol. The first kappa shape index (κ1) is 14.4. The lowest BCUT2D eigenvalue weighted by Crippen LogP contribution is -2.56. The van der Waals surface area contributed by atoms with Crippen LogP contribution in [0.4, 0.5) is 0 Å². The molecule has 6 bridgehead atoms. The maximum absolute atomic E-state index is 2.46. The summed E-state index contributed by atoms with van der Waals surface area (Å²) in [7, 11) is 0. The van der Waals surface area contributed by atoms with E-state index in [9.17, 15) is 0 Å². The van der Waals surface area contributed by atoms with Crippen molar-refractivity contribution in [3.63, 3.8) is 0 Å². The Bertz CT molecular complexity index is 900. The van der Waals surface area contributed by atoms with Crippen LogP contribution in [0.25, 0.3) is 0 Å². The Labute approximate surface area is 162 Å². The summed E-state index contributed by atoms with van der Waals surface area (Å²) in [6.07, 6.45) is 9.11. The lowest BCUT2D eigenvalue weighted by atomic mass is 9.43. The monoisotopic (exact) mass is 352 g/mol. The summed E-state index contributed by atoms with van der Waals surface area (Å²) < 4.78 is 0. The third-order valence-electron chi connectivity index (χ3n) is 11.0. The van der Waals surface area contributed by atoms with Gasteiger partial charge in [-0.25, -0.2) is 0 Å². The molecule has 0 radical (unpaired) electrons. The predicted molar refractivity (Wildman–Crippen MR) is 107 cm³/mol. The zero-order valence-electron chi connectivity index (χ0n) is 16.0. The Kier molecular flexibility index (Phi) is 2.25. The maximum Gasteiger partial charge on any atom is -0.00356 e. The van der Waals surface area contributed by atoms with Gasteiger partial charge in [-0.2, -0.15) is 0 Å². The molecule has 136 valence electrons. The Balaban J connectivity index is 1.29. The second-order valence-corrected chi connectivity index (χ2v) is 11.3. The second-order valence-electron chi connectivity index (χ2n) is 11.3. The summed E-state index contributed by atoms with van der Waals surface area (Å²) in [5.41, 5.74) is 5.21. The molecule has 2 aromatic carbocycles. The molecular weight excluding hydrogens is 324 g/mol. The van der Waals surface area contributed by atoms with Gasteiger partial charge in [0.05, 0.1) is 0 Å². The molecule has 0 nitrogen and oxygen atoms in total. The molecule has 0 N–H and O–H groups in total. The third-order valence-corrected chi connectivity index (χ3v) is 11.0. The van der Waals surface area contributed by atoms with Gasteiger partial charge in [0.25, 0.3) is 0 Å². The van der Waals surface area contributed by atoms with E-state index in [1.165, 1.54) is 32.1 Å². The minimum Gasteiger partial charge on any atom is -0.0622 e. The highest BCUT2D eigenvalue weighted by molar-refractivity contribution is 5.43. The quantitative estimate of drug-likeness (QED) is 0.625. The number of hydrogen-bond donors (Lipinski definition) is 0. The molecule has 6 saturated carbocycles. The van der Waals surface area contributed by atoms with Crippen LogP contribution in [0.1, 0.15) is 49.7 Å². The normalized spacial score (nSPS) is 55.0. The maximum atomic E-state index is 2.46. The van der Waals surface area contributed by atoms with Crippen LogP contribution in [-0.2, 0) is 10.8 Å². The standard InChI is InChI=1S/C27H28/c1-3-7-17(8-4-1)25-12-20-19-11-26(18-9-5-2-6-10-18)15-23-21(13-25)24(20)27(23,16-26)22(19)14-25/h1-10,19-24H,11-16H2. The van der Waals surface area contributed by atoms with E-state index in [1.54, 1.807) is 17.5 Å². The van der Waals surface area contributed by atoms with Crippen molar-refractivity contribution in [2.45, 2.75) is 49.4 Å². The first-order valence-corrected chi connectivity index (χ1v) is 11.4. The van der Waals surface area contributed by atoms with Crippen molar-refractivity contribution >= 4 is 0 Å². The van der Waals surface area contributed by atoms with Crippen LogP contribution in [0.2, 0.25) is 0 Å². The van der Waals surface area contributed by atoms with Crippen molar-refractivity contribution in [1.29, 1.82) is 0 Å². The van der Waals surface area contributed by atoms with Crippen molar-refractivity contribution in [1.82, 2.24) is 0 Å². The van der Waals surface area contributed by atoms with E-state index in [0.717, 1.165) is 40.9 Å². The largest absolute Gasteiger partial charge is 0.0622 e. The van der Waals surface area contributed by atoms with Crippen molar-refractivity contribution < 1.29 is 0 Å². The highest BCUT2D eigenvalue weighted by Gasteiger charge is 2.85. The molecule has 0 aliphatic heterocycles. The van der Waals surface area contributed by atoms with E-state index in [4.69, 9.17) is 0 Å². The van der Waals surface area contributed by atoms with Gasteiger partial charge in [-0.05, 0) is 101 Å². The number of benzene rings is 2. The Hall–Kier alpha value is -1.56.